The van der Waals surface area contributed by atoms with Gasteiger partial charge in [-0.1, -0.05) is 35.4 Å². The third kappa shape index (κ3) is 5.67. The monoisotopic (exact) mass is 412 g/mol. The van der Waals surface area contributed by atoms with Crippen LogP contribution in [-0.4, -0.2) is 43.0 Å². The maximum Gasteiger partial charge on any atom is 0.338 e. The number of ether oxygens (including phenoxy) is 4. The Hall–Kier alpha value is -3.19. The first-order valence-electron chi connectivity index (χ1n) is 9.66. The van der Waals surface area contributed by atoms with E-state index >= 15 is 0 Å². The van der Waals surface area contributed by atoms with Crippen molar-refractivity contribution < 1.29 is 33.3 Å². The lowest BCUT2D eigenvalue weighted by atomic mass is 10.1. The van der Waals surface area contributed by atoms with Crippen LogP contribution < -0.4 is 0 Å². The van der Waals surface area contributed by atoms with Gasteiger partial charge in [0.25, 0.3) is 0 Å². The van der Waals surface area contributed by atoms with Crippen LogP contribution in [-0.2, 0) is 23.7 Å². The van der Waals surface area contributed by atoms with Gasteiger partial charge in [-0.15, -0.1) is 0 Å². The van der Waals surface area contributed by atoms with Crippen molar-refractivity contribution in [2.75, 3.05) is 6.61 Å². The molecule has 2 aromatic rings. The lowest BCUT2D eigenvalue weighted by Gasteiger charge is -2.18. The van der Waals surface area contributed by atoms with Crippen LogP contribution in [0.1, 0.15) is 45.2 Å². The number of hydrogen-bond donors (Lipinski definition) is 0. The van der Waals surface area contributed by atoms with Gasteiger partial charge >= 0.3 is 17.9 Å². The minimum Gasteiger partial charge on any atom is -0.459 e. The minimum absolute atomic E-state index is 0.143. The normalized spacial score (nSPS) is 20.4. The summed E-state index contributed by atoms with van der Waals surface area (Å²) < 4.78 is 21.6. The standard InChI is InChI=1S/C23H24O7/c1-14-4-8-17(9-5-14)22(25)27-13-20-19(12-21(29-20)28-16(3)24)30-23(26)18-10-6-15(2)7-11-18/h4-11,19-21H,12-13H2,1-3H3. The minimum atomic E-state index is -0.874. The maximum absolute atomic E-state index is 12.5. The van der Waals surface area contributed by atoms with Crippen LogP contribution in [0.2, 0.25) is 0 Å². The molecule has 0 saturated carbocycles. The Kier molecular flexibility index (Phi) is 6.84. The van der Waals surface area contributed by atoms with Gasteiger partial charge in [-0.25, -0.2) is 9.59 Å². The van der Waals surface area contributed by atoms with E-state index in [1.54, 1.807) is 24.3 Å². The molecule has 1 saturated heterocycles. The summed E-state index contributed by atoms with van der Waals surface area (Å²) in [4.78, 5) is 36.0. The van der Waals surface area contributed by atoms with Crippen LogP contribution in [0.25, 0.3) is 0 Å². The lowest BCUT2D eigenvalue weighted by Crippen LogP contribution is -2.32. The van der Waals surface area contributed by atoms with Crippen LogP contribution in [0.15, 0.2) is 48.5 Å². The second-order valence-electron chi connectivity index (χ2n) is 7.22. The molecule has 0 spiro atoms. The van der Waals surface area contributed by atoms with Crippen molar-refractivity contribution >= 4 is 17.9 Å². The number of aryl methyl sites for hydroxylation is 2. The molecule has 158 valence electrons. The highest BCUT2D eigenvalue weighted by molar-refractivity contribution is 5.90. The molecule has 3 atom stereocenters. The van der Waals surface area contributed by atoms with Gasteiger partial charge in [0.15, 0.2) is 0 Å². The molecule has 0 radical (unpaired) electrons. The molecule has 2 aromatic carbocycles. The summed E-state index contributed by atoms with van der Waals surface area (Å²) in [5, 5.41) is 0. The van der Waals surface area contributed by atoms with Crippen molar-refractivity contribution in [1.29, 1.82) is 0 Å². The van der Waals surface area contributed by atoms with Crippen LogP contribution in [0.5, 0.6) is 0 Å². The van der Waals surface area contributed by atoms with Gasteiger partial charge in [-0.3, -0.25) is 4.79 Å². The average molecular weight is 412 g/mol. The van der Waals surface area contributed by atoms with Gasteiger partial charge in [0, 0.05) is 6.92 Å². The number of carbonyl (C=O) groups is 3. The van der Waals surface area contributed by atoms with Crippen LogP contribution in [0.4, 0.5) is 0 Å². The van der Waals surface area contributed by atoms with Crippen molar-refractivity contribution in [3.8, 4) is 0 Å². The van der Waals surface area contributed by atoms with E-state index in [2.05, 4.69) is 0 Å². The summed E-state index contributed by atoms with van der Waals surface area (Å²) in [5.41, 5.74) is 2.85. The quantitative estimate of drug-likeness (QED) is 0.531. The largest absolute Gasteiger partial charge is 0.459 e. The van der Waals surface area contributed by atoms with Crippen molar-refractivity contribution in [3.63, 3.8) is 0 Å². The summed E-state index contributed by atoms with van der Waals surface area (Å²) in [6, 6.07) is 13.9. The SMILES string of the molecule is CC(=O)OC1CC(OC(=O)c2ccc(C)cc2)C(COC(=O)c2ccc(C)cc2)O1. The van der Waals surface area contributed by atoms with E-state index in [0.717, 1.165) is 11.1 Å². The average Bonchev–Trinajstić information content (AvgIpc) is 3.07. The molecule has 1 heterocycles. The third-order valence-electron chi connectivity index (χ3n) is 4.68. The van der Waals surface area contributed by atoms with Crippen molar-refractivity contribution in [3.05, 3.63) is 70.8 Å². The zero-order valence-electron chi connectivity index (χ0n) is 17.1. The van der Waals surface area contributed by atoms with Gasteiger partial charge in [0.2, 0.25) is 6.29 Å². The Bertz CT molecular complexity index is 902. The van der Waals surface area contributed by atoms with Gasteiger partial charge in [0.05, 0.1) is 17.5 Å². The molecule has 0 N–H and O–H groups in total. The molecule has 1 aliphatic rings. The highest BCUT2D eigenvalue weighted by atomic mass is 16.7. The van der Waals surface area contributed by atoms with Gasteiger partial charge < -0.3 is 18.9 Å². The highest BCUT2D eigenvalue weighted by Gasteiger charge is 2.40. The van der Waals surface area contributed by atoms with Gasteiger partial charge in [-0.05, 0) is 38.1 Å². The fourth-order valence-corrected chi connectivity index (χ4v) is 3.04. The van der Waals surface area contributed by atoms with E-state index in [1.165, 1.54) is 6.92 Å². The molecule has 0 bridgehead atoms. The molecule has 7 heteroatoms. The highest BCUT2D eigenvalue weighted by Crippen LogP contribution is 2.26. The maximum atomic E-state index is 12.5. The summed E-state index contributed by atoms with van der Waals surface area (Å²) in [7, 11) is 0. The molecule has 1 aliphatic heterocycles. The van der Waals surface area contributed by atoms with E-state index in [-0.39, 0.29) is 13.0 Å². The number of benzene rings is 2. The number of rotatable bonds is 6. The Morgan fingerprint density at radius 2 is 1.40 bits per heavy atom. The van der Waals surface area contributed by atoms with E-state index in [1.807, 2.05) is 38.1 Å². The molecule has 3 rings (SSSR count). The third-order valence-corrected chi connectivity index (χ3v) is 4.68. The van der Waals surface area contributed by atoms with Crippen molar-refractivity contribution in [2.24, 2.45) is 0 Å². The topological polar surface area (TPSA) is 88.1 Å². The molecular formula is C23H24O7. The molecular weight excluding hydrogens is 388 g/mol. The molecule has 7 nitrogen and oxygen atoms in total. The van der Waals surface area contributed by atoms with Gasteiger partial charge in [-0.2, -0.15) is 0 Å². The Balaban J connectivity index is 1.65. The predicted molar refractivity (Wildman–Crippen MR) is 107 cm³/mol. The number of carbonyl (C=O) groups excluding carboxylic acids is 3. The predicted octanol–water partition coefficient (Wildman–Crippen LogP) is 3.36. The Morgan fingerprint density at radius 1 is 0.867 bits per heavy atom. The summed E-state index contributed by atoms with van der Waals surface area (Å²) in [6.07, 6.45) is -2.20. The van der Waals surface area contributed by atoms with E-state index in [4.69, 9.17) is 18.9 Å². The lowest BCUT2D eigenvalue weighted by molar-refractivity contribution is -0.175. The Labute approximate surface area is 174 Å². The van der Waals surface area contributed by atoms with Crippen LogP contribution >= 0.6 is 0 Å². The van der Waals surface area contributed by atoms with Crippen molar-refractivity contribution in [2.45, 2.75) is 45.7 Å². The van der Waals surface area contributed by atoms with Crippen LogP contribution in [0, 0.1) is 13.8 Å². The first-order valence-corrected chi connectivity index (χ1v) is 9.66. The zero-order valence-corrected chi connectivity index (χ0v) is 17.1. The van der Waals surface area contributed by atoms with Crippen LogP contribution in [0.3, 0.4) is 0 Å². The molecule has 0 amide bonds. The van der Waals surface area contributed by atoms with E-state index in [9.17, 15) is 14.4 Å². The molecule has 3 unspecified atom stereocenters. The molecule has 1 fully saturated rings. The smallest absolute Gasteiger partial charge is 0.338 e. The number of esters is 3. The first kappa shape index (κ1) is 21.5. The second-order valence-corrected chi connectivity index (χ2v) is 7.22. The fraction of sp³-hybridized carbons (Fsp3) is 0.348. The summed E-state index contributed by atoms with van der Waals surface area (Å²) in [6.45, 7) is 4.96. The summed E-state index contributed by atoms with van der Waals surface area (Å²) >= 11 is 0. The zero-order chi connectivity index (χ0) is 21.7. The molecule has 0 aliphatic carbocycles. The van der Waals surface area contributed by atoms with Crippen molar-refractivity contribution in [1.82, 2.24) is 0 Å². The molecule has 0 aromatic heterocycles. The Morgan fingerprint density at radius 3 is 1.93 bits per heavy atom. The van der Waals surface area contributed by atoms with Gasteiger partial charge in [0.1, 0.15) is 18.8 Å². The van der Waals surface area contributed by atoms with E-state index in [0.29, 0.717) is 11.1 Å². The number of hydrogen-bond acceptors (Lipinski definition) is 7. The second kappa shape index (κ2) is 9.54. The first-order chi connectivity index (χ1) is 14.3. The summed E-state index contributed by atoms with van der Waals surface area (Å²) in [5.74, 6) is -1.55. The van der Waals surface area contributed by atoms with E-state index < -0.39 is 36.4 Å². The fourth-order valence-electron chi connectivity index (χ4n) is 3.04. The molecule has 30 heavy (non-hydrogen) atoms.